The molecule has 0 amide bonds. The van der Waals surface area contributed by atoms with Crippen molar-refractivity contribution in [1.82, 2.24) is 0 Å². The van der Waals surface area contributed by atoms with Crippen LogP contribution < -0.4 is 4.74 Å². The summed E-state index contributed by atoms with van der Waals surface area (Å²) in [6.45, 7) is -1.63. The fraction of sp³-hybridized carbons (Fsp3) is 0.250. The molecule has 96 valence electrons. The van der Waals surface area contributed by atoms with Gasteiger partial charge in [-0.25, -0.2) is 8.42 Å². The quantitative estimate of drug-likeness (QED) is 0.805. The first-order chi connectivity index (χ1) is 7.59. The fourth-order valence-electron chi connectivity index (χ4n) is 0.956. The predicted octanol–water partition coefficient (Wildman–Crippen LogP) is 3.21. The molecule has 0 aliphatic heterocycles. The number of hydrogen-bond donors (Lipinski definition) is 0. The molecule has 0 saturated carbocycles. The van der Waals surface area contributed by atoms with Crippen LogP contribution >= 0.6 is 22.3 Å². The van der Waals surface area contributed by atoms with Crippen molar-refractivity contribution >= 4 is 31.3 Å². The molecule has 0 N–H and O–H groups in total. The van der Waals surface area contributed by atoms with Gasteiger partial charge in [-0.15, -0.1) is 0 Å². The van der Waals surface area contributed by atoms with Crippen LogP contribution in [0.3, 0.4) is 0 Å². The molecule has 3 nitrogen and oxygen atoms in total. The Hall–Kier alpha value is -0.660. The van der Waals surface area contributed by atoms with Gasteiger partial charge in [0.25, 0.3) is 9.05 Å². The standard InChI is InChI=1S/C8H5Cl2F3O3S/c9-5-1-2-7(17(10,14)15)6(3-5)16-4-8(11,12)13/h1-3H,4H2. The Morgan fingerprint density at radius 3 is 2.35 bits per heavy atom. The highest BCUT2D eigenvalue weighted by atomic mass is 35.7. The zero-order valence-corrected chi connectivity index (χ0v) is 10.3. The molecule has 0 saturated heterocycles. The number of alkyl halides is 3. The minimum Gasteiger partial charge on any atom is -0.483 e. The van der Waals surface area contributed by atoms with Crippen molar-refractivity contribution in [3.8, 4) is 5.75 Å². The van der Waals surface area contributed by atoms with Crippen LogP contribution in [0.5, 0.6) is 5.75 Å². The van der Waals surface area contributed by atoms with E-state index in [4.69, 9.17) is 22.3 Å². The van der Waals surface area contributed by atoms with Crippen molar-refractivity contribution < 1.29 is 26.3 Å². The molecule has 0 radical (unpaired) electrons. The Morgan fingerprint density at radius 2 is 1.88 bits per heavy atom. The summed E-state index contributed by atoms with van der Waals surface area (Å²) in [4.78, 5) is -0.562. The number of benzene rings is 1. The van der Waals surface area contributed by atoms with Gasteiger partial charge >= 0.3 is 6.18 Å². The van der Waals surface area contributed by atoms with E-state index in [1.54, 1.807) is 0 Å². The van der Waals surface area contributed by atoms with Gasteiger partial charge in [0, 0.05) is 21.8 Å². The third kappa shape index (κ3) is 4.61. The molecule has 0 atom stereocenters. The van der Waals surface area contributed by atoms with E-state index in [1.807, 2.05) is 0 Å². The van der Waals surface area contributed by atoms with Crippen molar-refractivity contribution in [2.45, 2.75) is 11.1 Å². The first-order valence-corrected chi connectivity index (χ1v) is 6.72. The SMILES string of the molecule is O=S(=O)(Cl)c1ccc(Cl)cc1OCC(F)(F)F. The molecular weight excluding hydrogens is 304 g/mol. The van der Waals surface area contributed by atoms with Gasteiger partial charge in [0.1, 0.15) is 10.6 Å². The molecule has 17 heavy (non-hydrogen) atoms. The molecule has 9 heteroatoms. The van der Waals surface area contributed by atoms with Gasteiger partial charge in [0.15, 0.2) is 6.61 Å². The summed E-state index contributed by atoms with van der Waals surface area (Å²) in [6, 6.07) is 3.09. The Bertz CT molecular complexity index is 513. The molecule has 1 aromatic carbocycles. The van der Waals surface area contributed by atoms with Crippen molar-refractivity contribution in [2.75, 3.05) is 6.61 Å². The van der Waals surface area contributed by atoms with Gasteiger partial charge in [-0.2, -0.15) is 13.2 Å². The summed E-state index contributed by atoms with van der Waals surface area (Å²) in [7, 11) is 0.837. The first-order valence-electron chi connectivity index (χ1n) is 4.03. The Morgan fingerprint density at radius 1 is 1.29 bits per heavy atom. The molecule has 0 bridgehead atoms. The lowest BCUT2D eigenvalue weighted by molar-refractivity contribution is -0.153. The van der Waals surface area contributed by atoms with E-state index in [-0.39, 0.29) is 5.02 Å². The van der Waals surface area contributed by atoms with Gasteiger partial charge in [0.05, 0.1) is 0 Å². The predicted molar refractivity (Wildman–Crippen MR) is 56.0 cm³/mol. The minimum atomic E-state index is -4.59. The summed E-state index contributed by atoms with van der Waals surface area (Å²) in [5.41, 5.74) is 0. The van der Waals surface area contributed by atoms with Crippen molar-refractivity contribution in [3.05, 3.63) is 23.2 Å². The Labute approximate surface area is 105 Å². The molecular formula is C8H5Cl2F3O3S. The molecule has 1 aromatic rings. The monoisotopic (exact) mass is 308 g/mol. The first kappa shape index (κ1) is 14.4. The molecule has 0 aromatic heterocycles. The van der Waals surface area contributed by atoms with Crippen LogP contribution in [-0.4, -0.2) is 21.2 Å². The van der Waals surface area contributed by atoms with Gasteiger partial charge < -0.3 is 4.74 Å². The molecule has 1 rings (SSSR count). The van der Waals surface area contributed by atoms with Crippen molar-refractivity contribution in [2.24, 2.45) is 0 Å². The minimum absolute atomic E-state index is 0.0336. The topological polar surface area (TPSA) is 43.4 Å². The number of ether oxygens (including phenoxy) is 1. The molecule has 0 aliphatic carbocycles. The Balaban J connectivity index is 3.09. The average molecular weight is 309 g/mol. The summed E-state index contributed by atoms with van der Waals surface area (Å²) in [5, 5.41) is 0.0336. The van der Waals surface area contributed by atoms with E-state index < -0.39 is 32.5 Å². The van der Waals surface area contributed by atoms with Crippen molar-refractivity contribution in [1.29, 1.82) is 0 Å². The van der Waals surface area contributed by atoms with E-state index in [0.717, 1.165) is 12.1 Å². The summed E-state index contributed by atoms with van der Waals surface area (Å²) < 4.78 is 62.2. The zero-order chi connectivity index (χ0) is 13.3. The van der Waals surface area contributed by atoms with Crippen LogP contribution in [0.2, 0.25) is 5.02 Å². The van der Waals surface area contributed by atoms with E-state index >= 15 is 0 Å². The van der Waals surface area contributed by atoms with E-state index in [0.29, 0.717) is 0 Å². The number of hydrogen-bond acceptors (Lipinski definition) is 3. The normalized spacial score (nSPS) is 12.5. The largest absolute Gasteiger partial charge is 0.483 e. The second kappa shape index (κ2) is 4.91. The maximum absolute atomic E-state index is 11.9. The van der Waals surface area contributed by atoms with Crippen LogP contribution in [0.25, 0.3) is 0 Å². The average Bonchev–Trinajstić information content (AvgIpc) is 2.11. The van der Waals surface area contributed by atoms with Crippen LogP contribution in [0.15, 0.2) is 23.1 Å². The molecule has 0 aliphatic rings. The highest BCUT2D eigenvalue weighted by Gasteiger charge is 2.29. The highest BCUT2D eigenvalue weighted by Crippen LogP contribution is 2.31. The highest BCUT2D eigenvalue weighted by molar-refractivity contribution is 8.13. The lowest BCUT2D eigenvalue weighted by Gasteiger charge is -2.11. The number of halogens is 5. The van der Waals surface area contributed by atoms with Crippen LogP contribution in [-0.2, 0) is 9.05 Å². The second-order valence-electron chi connectivity index (χ2n) is 2.93. The van der Waals surface area contributed by atoms with Gasteiger partial charge in [0.2, 0.25) is 0 Å². The van der Waals surface area contributed by atoms with E-state index in [9.17, 15) is 21.6 Å². The lowest BCUT2D eigenvalue weighted by Crippen LogP contribution is -2.19. The van der Waals surface area contributed by atoms with Crippen LogP contribution in [0.1, 0.15) is 0 Å². The maximum atomic E-state index is 11.9. The third-order valence-corrected chi connectivity index (χ3v) is 3.16. The van der Waals surface area contributed by atoms with Crippen LogP contribution in [0, 0.1) is 0 Å². The number of rotatable bonds is 3. The van der Waals surface area contributed by atoms with E-state index in [1.165, 1.54) is 6.07 Å². The molecule has 0 heterocycles. The van der Waals surface area contributed by atoms with Gasteiger partial charge in [-0.3, -0.25) is 0 Å². The molecule has 0 fully saturated rings. The van der Waals surface area contributed by atoms with Crippen LogP contribution in [0.4, 0.5) is 13.2 Å². The van der Waals surface area contributed by atoms with Crippen molar-refractivity contribution in [3.63, 3.8) is 0 Å². The maximum Gasteiger partial charge on any atom is 0.422 e. The van der Waals surface area contributed by atoms with Gasteiger partial charge in [-0.1, -0.05) is 11.6 Å². The fourth-order valence-corrected chi connectivity index (χ4v) is 2.09. The van der Waals surface area contributed by atoms with E-state index in [2.05, 4.69) is 4.74 Å². The molecule has 0 unspecified atom stereocenters. The second-order valence-corrected chi connectivity index (χ2v) is 5.90. The summed E-state index contributed by atoms with van der Waals surface area (Å²) in [6.07, 6.45) is -4.59. The zero-order valence-electron chi connectivity index (χ0n) is 7.96. The Kier molecular flexibility index (Phi) is 4.16. The van der Waals surface area contributed by atoms with Gasteiger partial charge in [-0.05, 0) is 12.1 Å². The lowest BCUT2D eigenvalue weighted by atomic mass is 10.3. The molecule has 0 spiro atoms. The third-order valence-electron chi connectivity index (χ3n) is 1.56. The smallest absolute Gasteiger partial charge is 0.422 e. The summed E-state index contributed by atoms with van der Waals surface area (Å²) in [5.74, 6) is -0.537. The summed E-state index contributed by atoms with van der Waals surface area (Å²) >= 11 is 5.52.